The minimum atomic E-state index is -0.217. The maximum absolute atomic E-state index is 13.1. The van der Waals surface area contributed by atoms with Crippen LogP contribution in [0.3, 0.4) is 0 Å². The van der Waals surface area contributed by atoms with Gasteiger partial charge in [0.15, 0.2) is 0 Å². The van der Waals surface area contributed by atoms with E-state index in [0.29, 0.717) is 12.3 Å². The SMILES string of the molecule is O=C(C1CCCCN1C(=O)C[C@@H]1CCc2ccccc2C1)N1CCSC1. The Hall–Kier alpha value is -1.49. The van der Waals surface area contributed by atoms with Crippen molar-refractivity contribution < 1.29 is 9.59 Å². The van der Waals surface area contributed by atoms with Crippen LogP contribution >= 0.6 is 11.8 Å². The van der Waals surface area contributed by atoms with Gasteiger partial charge in [-0.15, -0.1) is 11.8 Å². The summed E-state index contributed by atoms with van der Waals surface area (Å²) in [6.07, 6.45) is 6.65. The van der Waals surface area contributed by atoms with Crippen molar-refractivity contribution >= 4 is 23.6 Å². The molecule has 1 aromatic carbocycles. The maximum atomic E-state index is 13.1. The first-order chi connectivity index (χ1) is 12.7. The zero-order valence-electron chi connectivity index (χ0n) is 15.4. The smallest absolute Gasteiger partial charge is 0.246 e. The summed E-state index contributed by atoms with van der Waals surface area (Å²) in [6.45, 7) is 1.58. The lowest BCUT2D eigenvalue weighted by Crippen LogP contribution is -2.52. The lowest BCUT2D eigenvalue weighted by molar-refractivity contribution is -0.147. The third-order valence-corrected chi connectivity index (χ3v) is 7.05. The highest BCUT2D eigenvalue weighted by atomic mass is 32.2. The lowest BCUT2D eigenvalue weighted by atomic mass is 9.82. The molecule has 2 saturated heterocycles. The normalized spacial score (nSPS) is 25.8. The van der Waals surface area contributed by atoms with E-state index < -0.39 is 0 Å². The van der Waals surface area contributed by atoms with Crippen molar-refractivity contribution in [1.29, 1.82) is 0 Å². The highest BCUT2D eigenvalue weighted by Gasteiger charge is 2.36. The Kier molecular flexibility index (Phi) is 5.53. The molecule has 0 bridgehead atoms. The van der Waals surface area contributed by atoms with Crippen LogP contribution in [0.5, 0.6) is 0 Å². The molecule has 5 heteroatoms. The molecule has 4 rings (SSSR count). The van der Waals surface area contributed by atoms with Gasteiger partial charge in [-0.25, -0.2) is 0 Å². The van der Waals surface area contributed by atoms with E-state index in [1.165, 1.54) is 11.1 Å². The van der Waals surface area contributed by atoms with Crippen molar-refractivity contribution in [3.63, 3.8) is 0 Å². The summed E-state index contributed by atoms with van der Waals surface area (Å²) in [6, 6.07) is 8.39. The molecular weight excluding hydrogens is 344 g/mol. The number of rotatable bonds is 3. The van der Waals surface area contributed by atoms with E-state index >= 15 is 0 Å². The van der Waals surface area contributed by atoms with Crippen molar-refractivity contribution in [2.24, 2.45) is 5.92 Å². The number of hydrogen-bond acceptors (Lipinski definition) is 3. The summed E-state index contributed by atoms with van der Waals surface area (Å²) < 4.78 is 0. The van der Waals surface area contributed by atoms with Gasteiger partial charge in [-0.3, -0.25) is 9.59 Å². The van der Waals surface area contributed by atoms with E-state index in [2.05, 4.69) is 24.3 Å². The van der Waals surface area contributed by atoms with Gasteiger partial charge in [-0.1, -0.05) is 24.3 Å². The fourth-order valence-corrected chi connectivity index (χ4v) is 5.55. The summed E-state index contributed by atoms with van der Waals surface area (Å²) in [4.78, 5) is 29.8. The summed E-state index contributed by atoms with van der Waals surface area (Å²) in [5.41, 5.74) is 2.84. The van der Waals surface area contributed by atoms with Crippen LogP contribution in [-0.4, -0.2) is 52.4 Å². The first-order valence-corrected chi connectivity index (χ1v) is 11.1. The second-order valence-corrected chi connectivity index (χ2v) is 8.89. The van der Waals surface area contributed by atoms with Crippen LogP contribution in [0.15, 0.2) is 24.3 Å². The van der Waals surface area contributed by atoms with Gasteiger partial charge in [0, 0.05) is 25.3 Å². The van der Waals surface area contributed by atoms with Crippen molar-refractivity contribution in [2.75, 3.05) is 24.7 Å². The molecule has 140 valence electrons. The Morgan fingerprint density at radius 2 is 1.92 bits per heavy atom. The molecular formula is C21H28N2O2S. The molecule has 0 radical (unpaired) electrons. The zero-order valence-corrected chi connectivity index (χ0v) is 16.2. The lowest BCUT2D eigenvalue weighted by Gasteiger charge is -2.37. The molecule has 0 spiro atoms. The summed E-state index contributed by atoms with van der Waals surface area (Å²) >= 11 is 1.81. The molecule has 1 aromatic rings. The molecule has 0 saturated carbocycles. The second kappa shape index (κ2) is 8.03. The molecule has 1 unspecified atom stereocenters. The van der Waals surface area contributed by atoms with Crippen molar-refractivity contribution in [3.05, 3.63) is 35.4 Å². The fourth-order valence-electron chi connectivity index (χ4n) is 4.60. The zero-order chi connectivity index (χ0) is 17.9. The molecule has 2 heterocycles. The van der Waals surface area contributed by atoms with E-state index in [-0.39, 0.29) is 17.9 Å². The van der Waals surface area contributed by atoms with Crippen molar-refractivity contribution in [1.82, 2.24) is 9.80 Å². The first kappa shape index (κ1) is 17.9. The number of nitrogens with zero attached hydrogens (tertiary/aromatic N) is 2. The molecule has 2 amide bonds. The van der Waals surface area contributed by atoms with E-state index in [1.54, 1.807) is 0 Å². The summed E-state index contributed by atoms with van der Waals surface area (Å²) in [5.74, 6) is 2.60. The molecule has 0 N–H and O–H groups in total. The first-order valence-electron chi connectivity index (χ1n) is 9.95. The van der Waals surface area contributed by atoms with Crippen molar-refractivity contribution in [2.45, 2.75) is 51.0 Å². The highest BCUT2D eigenvalue weighted by Crippen LogP contribution is 2.29. The van der Waals surface area contributed by atoms with E-state index in [9.17, 15) is 9.59 Å². The predicted octanol–water partition coefficient (Wildman–Crippen LogP) is 3.10. The monoisotopic (exact) mass is 372 g/mol. The van der Waals surface area contributed by atoms with E-state index in [4.69, 9.17) is 0 Å². The van der Waals surface area contributed by atoms with Gasteiger partial charge in [0.1, 0.15) is 6.04 Å². The van der Waals surface area contributed by atoms with Gasteiger partial charge < -0.3 is 9.80 Å². The number of likely N-dealkylation sites (tertiary alicyclic amines) is 1. The van der Waals surface area contributed by atoms with Crippen LogP contribution < -0.4 is 0 Å². The minimum Gasteiger partial charge on any atom is -0.331 e. The standard InChI is InChI=1S/C21H28N2O2S/c24-20(14-16-8-9-17-5-1-2-6-18(17)13-16)23-10-4-3-7-19(23)21(25)22-11-12-26-15-22/h1-2,5-6,16,19H,3-4,7-15H2/t16-,19?/m1/s1. The van der Waals surface area contributed by atoms with E-state index in [0.717, 1.165) is 63.2 Å². The second-order valence-electron chi connectivity index (χ2n) is 7.82. The Balaban J connectivity index is 1.40. The molecule has 0 aromatic heterocycles. The Bertz CT molecular complexity index is 672. The largest absolute Gasteiger partial charge is 0.331 e. The van der Waals surface area contributed by atoms with Crippen LogP contribution in [0.2, 0.25) is 0 Å². The minimum absolute atomic E-state index is 0.178. The molecule has 2 fully saturated rings. The Morgan fingerprint density at radius 1 is 1.08 bits per heavy atom. The molecule has 4 nitrogen and oxygen atoms in total. The highest BCUT2D eigenvalue weighted by molar-refractivity contribution is 7.99. The van der Waals surface area contributed by atoms with Gasteiger partial charge in [0.25, 0.3) is 0 Å². The third kappa shape index (κ3) is 3.78. The van der Waals surface area contributed by atoms with Gasteiger partial charge in [-0.2, -0.15) is 0 Å². The number of thioether (sulfide) groups is 1. The number of benzene rings is 1. The van der Waals surface area contributed by atoms with Crippen LogP contribution in [0.1, 0.15) is 43.2 Å². The quantitative estimate of drug-likeness (QED) is 0.819. The topological polar surface area (TPSA) is 40.6 Å². The number of fused-ring (bicyclic) bond motifs is 1. The van der Waals surface area contributed by atoms with Crippen molar-refractivity contribution in [3.8, 4) is 0 Å². The molecule has 26 heavy (non-hydrogen) atoms. The van der Waals surface area contributed by atoms with E-state index in [1.807, 2.05) is 21.6 Å². The fraction of sp³-hybridized carbons (Fsp3) is 0.619. The third-order valence-electron chi connectivity index (χ3n) is 6.08. The number of carbonyl (C=O) groups is 2. The van der Waals surface area contributed by atoms with Gasteiger partial charge in [-0.05, 0) is 55.6 Å². The summed E-state index contributed by atoms with van der Waals surface area (Å²) in [7, 11) is 0. The van der Waals surface area contributed by atoms with Crippen LogP contribution in [0.25, 0.3) is 0 Å². The van der Waals surface area contributed by atoms with Crippen LogP contribution in [-0.2, 0) is 22.4 Å². The Labute approximate surface area is 160 Å². The number of piperidine rings is 1. The average Bonchev–Trinajstić information content (AvgIpc) is 3.22. The summed E-state index contributed by atoms with van der Waals surface area (Å²) in [5, 5.41) is 0. The average molecular weight is 373 g/mol. The van der Waals surface area contributed by atoms with Gasteiger partial charge in [0.05, 0.1) is 5.88 Å². The maximum Gasteiger partial charge on any atom is 0.246 e. The molecule has 3 aliphatic rings. The van der Waals surface area contributed by atoms with Crippen LogP contribution in [0.4, 0.5) is 0 Å². The van der Waals surface area contributed by atoms with Gasteiger partial charge >= 0.3 is 0 Å². The van der Waals surface area contributed by atoms with Gasteiger partial charge in [0.2, 0.25) is 11.8 Å². The number of carbonyl (C=O) groups excluding carboxylic acids is 2. The Morgan fingerprint density at radius 3 is 2.73 bits per heavy atom. The predicted molar refractivity (Wildman–Crippen MR) is 105 cm³/mol. The molecule has 2 aliphatic heterocycles. The number of aryl methyl sites for hydroxylation is 1. The number of hydrogen-bond donors (Lipinski definition) is 0. The molecule has 1 aliphatic carbocycles. The van der Waals surface area contributed by atoms with Crippen LogP contribution in [0, 0.1) is 5.92 Å². The number of amides is 2. The molecule has 2 atom stereocenters.